The minimum atomic E-state index is -0.117. The lowest BCUT2D eigenvalue weighted by atomic mass is 9.47. The van der Waals surface area contributed by atoms with Crippen molar-refractivity contribution in [2.24, 2.45) is 52.1 Å². The third-order valence-corrected chi connectivity index (χ3v) is 10.9. The summed E-state index contributed by atoms with van der Waals surface area (Å²) in [7, 11) is 0. The average molecular weight is 458 g/mol. The molecule has 2 N–H and O–H groups in total. The van der Waals surface area contributed by atoms with Crippen LogP contribution in [0.1, 0.15) is 112 Å². The van der Waals surface area contributed by atoms with E-state index >= 15 is 0 Å². The summed E-state index contributed by atoms with van der Waals surface area (Å²) in [6.07, 6.45) is 17.4. The fourth-order valence-electron chi connectivity index (χ4n) is 9.12. The number of nitrogens with two attached hydrogens (primary N) is 1. The highest BCUT2D eigenvalue weighted by atomic mass is 16.5. The Hall–Kier alpha value is -0.830. The first-order valence-corrected chi connectivity index (χ1v) is 14.3. The lowest BCUT2D eigenvalue weighted by Crippen LogP contribution is -2.51. The largest absolute Gasteiger partial charge is 0.462 e. The van der Waals surface area contributed by atoms with Crippen molar-refractivity contribution in [1.29, 1.82) is 0 Å². The summed E-state index contributed by atoms with van der Waals surface area (Å²) in [6, 6.07) is 0. The molecule has 0 radical (unpaired) electrons. The molecular formula is C30H51NO2. The second-order valence-corrected chi connectivity index (χ2v) is 13.2. The van der Waals surface area contributed by atoms with Crippen molar-refractivity contribution in [1.82, 2.24) is 0 Å². The molecule has 4 aliphatic rings. The van der Waals surface area contributed by atoms with Crippen LogP contribution in [0.2, 0.25) is 0 Å². The predicted molar refractivity (Wildman–Crippen MR) is 137 cm³/mol. The van der Waals surface area contributed by atoms with Crippen LogP contribution in [0.3, 0.4) is 0 Å². The monoisotopic (exact) mass is 457 g/mol. The topological polar surface area (TPSA) is 52.3 Å². The van der Waals surface area contributed by atoms with Gasteiger partial charge in [-0.15, -0.1) is 0 Å². The zero-order valence-electron chi connectivity index (χ0n) is 22.2. The fraction of sp³-hybridized carbons (Fsp3) is 0.900. The standard InChI is InChI=1S/C30H51NO2/c1-20(2)7-6-8-21(3)25-11-12-26-24-10-9-22-19-23(33-28(32)15-18-31)13-16-29(22,4)27(24)14-17-30(25,26)5/h9,20-21,23-27H,6-8,10-19,31H2,1-5H3/t21-,23+,24+,25-,26+,27+,29+,30-/m1/s1. The molecule has 3 nitrogen and oxygen atoms in total. The van der Waals surface area contributed by atoms with Crippen molar-refractivity contribution in [2.75, 3.05) is 6.54 Å². The number of hydrogen-bond donors (Lipinski definition) is 1. The molecule has 0 heterocycles. The maximum atomic E-state index is 12.0. The van der Waals surface area contributed by atoms with Gasteiger partial charge in [-0.05, 0) is 91.3 Å². The lowest BCUT2D eigenvalue weighted by molar-refractivity contribution is -0.151. The first kappa shape index (κ1) is 25.3. The van der Waals surface area contributed by atoms with Gasteiger partial charge in [0.15, 0.2) is 0 Å². The molecule has 0 unspecified atom stereocenters. The predicted octanol–water partition coefficient (Wildman–Crippen LogP) is 7.29. The van der Waals surface area contributed by atoms with Crippen molar-refractivity contribution in [2.45, 2.75) is 118 Å². The summed E-state index contributed by atoms with van der Waals surface area (Å²) in [5, 5.41) is 0. The molecule has 0 aliphatic heterocycles. The Morgan fingerprint density at radius 3 is 2.61 bits per heavy atom. The summed E-state index contributed by atoms with van der Waals surface area (Å²) in [5.74, 6) is 5.11. The Balaban J connectivity index is 1.43. The second-order valence-electron chi connectivity index (χ2n) is 13.2. The third kappa shape index (κ3) is 4.82. The van der Waals surface area contributed by atoms with Crippen LogP contribution in [0.5, 0.6) is 0 Å². The number of ether oxygens (including phenoxy) is 1. The molecule has 0 aromatic carbocycles. The van der Waals surface area contributed by atoms with Crippen LogP contribution in [0.4, 0.5) is 0 Å². The van der Waals surface area contributed by atoms with E-state index in [1.165, 1.54) is 57.8 Å². The van der Waals surface area contributed by atoms with Gasteiger partial charge in [-0.3, -0.25) is 4.79 Å². The Morgan fingerprint density at radius 1 is 1.09 bits per heavy atom. The van der Waals surface area contributed by atoms with E-state index in [1.807, 2.05) is 0 Å². The summed E-state index contributed by atoms with van der Waals surface area (Å²) in [6.45, 7) is 12.9. The van der Waals surface area contributed by atoms with Gasteiger partial charge in [-0.2, -0.15) is 0 Å². The van der Waals surface area contributed by atoms with E-state index in [4.69, 9.17) is 10.5 Å². The average Bonchev–Trinajstić information content (AvgIpc) is 3.11. The molecule has 3 saturated carbocycles. The van der Waals surface area contributed by atoms with Gasteiger partial charge in [0.1, 0.15) is 6.10 Å². The smallest absolute Gasteiger partial charge is 0.307 e. The summed E-state index contributed by atoms with van der Waals surface area (Å²) in [5.41, 5.74) is 8.01. The van der Waals surface area contributed by atoms with Gasteiger partial charge in [0, 0.05) is 13.0 Å². The normalized spacial score (nSPS) is 41.1. The molecule has 0 spiro atoms. The van der Waals surface area contributed by atoms with Crippen LogP contribution in [0.15, 0.2) is 11.6 Å². The zero-order valence-corrected chi connectivity index (χ0v) is 22.2. The zero-order chi connectivity index (χ0) is 23.8. The molecule has 188 valence electrons. The molecule has 0 aromatic heterocycles. The van der Waals surface area contributed by atoms with Gasteiger partial charge < -0.3 is 10.5 Å². The Bertz CT molecular complexity index is 729. The summed E-state index contributed by atoms with van der Waals surface area (Å²) < 4.78 is 5.77. The second kappa shape index (κ2) is 10.0. The highest BCUT2D eigenvalue weighted by Crippen LogP contribution is 2.67. The van der Waals surface area contributed by atoms with E-state index in [0.29, 0.717) is 23.8 Å². The highest BCUT2D eigenvalue weighted by Gasteiger charge is 2.59. The molecule has 0 saturated heterocycles. The number of carbonyl (C=O) groups is 1. The van der Waals surface area contributed by atoms with Crippen LogP contribution >= 0.6 is 0 Å². The number of fused-ring (bicyclic) bond motifs is 5. The fourth-order valence-corrected chi connectivity index (χ4v) is 9.12. The van der Waals surface area contributed by atoms with Crippen LogP contribution in [-0.4, -0.2) is 18.6 Å². The van der Waals surface area contributed by atoms with Gasteiger partial charge in [-0.25, -0.2) is 0 Å². The van der Waals surface area contributed by atoms with Gasteiger partial charge in [0.25, 0.3) is 0 Å². The molecule has 0 amide bonds. The van der Waals surface area contributed by atoms with Crippen molar-refractivity contribution in [3.8, 4) is 0 Å². The number of carbonyl (C=O) groups excluding carboxylic acids is 1. The van der Waals surface area contributed by atoms with Crippen LogP contribution < -0.4 is 5.73 Å². The Kier molecular flexibility index (Phi) is 7.68. The molecule has 8 atom stereocenters. The highest BCUT2D eigenvalue weighted by molar-refractivity contribution is 5.69. The van der Waals surface area contributed by atoms with E-state index in [0.717, 1.165) is 48.3 Å². The minimum Gasteiger partial charge on any atom is -0.462 e. The van der Waals surface area contributed by atoms with Crippen LogP contribution in [-0.2, 0) is 9.53 Å². The quantitative estimate of drug-likeness (QED) is 0.307. The van der Waals surface area contributed by atoms with E-state index in [9.17, 15) is 4.79 Å². The first-order valence-electron chi connectivity index (χ1n) is 14.3. The summed E-state index contributed by atoms with van der Waals surface area (Å²) in [4.78, 5) is 12.0. The molecule has 3 heteroatoms. The molecule has 4 aliphatic carbocycles. The number of allylic oxidation sites excluding steroid dienone is 1. The third-order valence-electron chi connectivity index (χ3n) is 10.9. The molecule has 33 heavy (non-hydrogen) atoms. The molecule has 4 rings (SSSR count). The number of hydrogen-bond acceptors (Lipinski definition) is 3. The molecule has 0 aromatic rings. The van der Waals surface area contributed by atoms with E-state index in [-0.39, 0.29) is 12.1 Å². The summed E-state index contributed by atoms with van der Waals surface area (Å²) >= 11 is 0. The van der Waals surface area contributed by atoms with Crippen molar-refractivity contribution < 1.29 is 9.53 Å². The van der Waals surface area contributed by atoms with Gasteiger partial charge >= 0.3 is 5.97 Å². The SMILES string of the molecule is CC(C)CCC[C@@H](C)[C@H]1CC[C@H]2[C@@H]3CC=C4C[C@@H](OC(=O)CCN)CC[C@]4(C)[C@H]3CC[C@]12C. The maximum absolute atomic E-state index is 12.0. The lowest BCUT2D eigenvalue weighted by Gasteiger charge is -2.58. The van der Waals surface area contributed by atoms with E-state index < -0.39 is 0 Å². The van der Waals surface area contributed by atoms with Crippen molar-refractivity contribution in [3.05, 3.63) is 11.6 Å². The van der Waals surface area contributed by atoms with E-state index in [1.54, 1.807) is 5.57 Å². The molecule has 0 bridgehead atoms. The van der Waals surface area contributed by atoms with Gasteiger partial charge in [0.2, 0.25) is 0 Å². The first-order chi connectivity index (χ1) is 15.7. The van der Waals surface area contributed by atoms with Crippen LogP contribution in [0.25, 0.3) is 0 Å². The van der Waals surface area contributed by atoms with Gasteiger partial charge in [-0.1, -0.05) is 65.5 Å². The van der Waals surface area contributed by atoms with E-state index in [2.05, 4.69) is 40.7 Å². The van der Waals surface area contributed by atoms with Crippen molar-refractivity contribution in [3.63, 3.8) is 0 Å². The number of rotatable bonds is 8. The Labute approximate surface area is 203 Å². The van der Waals surface area contributed by atoms with Gasteiger partial charge in [0.05, 0.1) is 6.42 Å². The molecule has 3 fully saturated rings. The van der Waals surface area contributed by atoms with Crippen LogP contribution in [0, 0.1) is 46.3 Å². The molecular weight excluding hydrogens is 406 g/mol. The Morgan fingerprint density at radius 2 is 1.88 bits per heavy atom. The maximum Gasteiger partial charge on any atom is 0.307 e. The minimum absolute atomic E-state index is 0.0660. The van der Waals surface area contributed by atoms with Crippen molar-refractivity contribution >= 4 is 5.97 Å². The number of esters is 1.